The Hall–Kier alpha value is -2.18. The summed E-state index contributed by atoms with van der Waals surface area (Å²) in [5.74, 6) is 2.43. The van der Waals surface area contributed by atoms with Crippen molar-refractivity contribution in [3.63, 3.8) is 0 Å². The number of methoxy groups -OCH3 is 1. The normalized spacial score (nSPS) is 21.7. The summed E-state index contributed by atoms with van der Waals surface area (Å²) in [6, 6.07) is 8.22. The highest BCUT2D eigenvalue weighted by Crippen LogP contribution is 2.34. The van der Waals surface area contributed by atoms with E-state index in [0.29, 0.717) is 23.6 Å². The summed E-state index contributed by atoms with van der Waals surface area (Å²) in [7, 11) is 1.65. The van der Waals surface area contributed by atoms with Crippen LogP contribution >= 0.6 is 0 Å². The van der Waals surface area contributed by atoms with E-state index >= 15 is 0 Å². The van der Waals surface area contributed by atoms with Crippen molar-refractivity contribution in [3.8, 4) is 17.4 Å². The molecular formula is C21H27N3O3. The van der Waals surface area contributed by atoms with Gasteiger partial charge in [0.15, 0.2) is 0 Å². The minimum absolute atomic E-state index is 0.343. The molecule has 4 rings (SSSR count). The van der Waals surface area contributed by atoms with Gasteiger partial charge in [0.1, 0.15) is 17.2 Å². The minimum Gasteiger partial charge on any atom is -0.497 e. The molecular weight excluding hydrogens is 342 g/mol. The fourth-order valence-corrected chi connectivity index (χ4v) is 4.08. The van der Waals surface area contributed by atoms with E-state index in [-0.39, 0.29) is 0 Å². The molecule has 2 aliphatic heterocycles. The fraction of sp³-hybridized carbons (Fsp3) is 0.524. The van der Waals surface area contributed by atoms with E-state index in [1.54, 1.807) is 19.5 Å². The zero-order valence-corrected chi connectivity index (χ0v) is 15.8. The summed E-state index contributed by atoms with van der Waals surface area (Å²) in [5, 5.41) is 0. The number of piperidine rings is 1. The molecule has 2 aromatic rings. The van der Waals surface area contributed by atoms with Crippen LogP contribution in [0.3, 0.4) is 0 Å². The Morgan fingerprint density at radius 2 is 1.89 bits per heavy atom. The molecule has 27 heavy (non-hydrogen) atoms. The molecule has 0 spiro atoms. The predicted octanol–water partition coefficient (Wildman–Crippen LogP) is 3.64. The largest absolute Gasteiger partial charge is 0.497 e. The number of benzene rings is 1. The van der Waals surface area contributed by atoms with Gasteiger partial charge < -0.3 is 14.2 Å². The van der Waals surface area contributed by atoms with Crippen LogP contribution in [0, 0.1) is 0 Å². The molecule has 0 radical (unpaired) electrons. The number of aromatic nitrogens is 2. The highest BCUT2D eigenvalue weighted by Gasteiger charge is 2.30. The topological polar surface area (TPSA) is 56.7 Å². The van der Waals surface area contributed by atoms with Gasteiger partial charge in [-0.15, -0.1) is 0 Å². The second-order valence-corrected chi connectivity index (χ2v) is 7.21. The first-order valence-electron chi connectivity index (χ1n) is 9.78. The van der Waals surface area contributed by atoms with E-state index in [1.807, 2.05) is 24.3 Å². The van der Waals surface area contributed by atoms with Gasteiger partial charge in [0, 0.05) is 50.2 Å². The summed E-state index contributed by atoms with van der Waals surface area (Å²) in [6.45, 7) is 3.92. The van der Waals surface area contributed by atoms with E-state index in [0.717, 1.165) is 57.0 Å². The monoisotopic (exact) mass is 369 g/mol. The second-order valence-electron chi connectivity index (χ2n) is 7.21. The average molecular weight is 369 g/mol. The Labute approximate surface area is 160 Å². The van der Waals surface area contributed by atoms with Crippen LogP contribution < -0.4 is 9.47 Å². The van der Waals surface area contributed by atoms with E-state index in [4.69, 9.17) is 14.2 Å². The standard InChI is InChI=1S/C21H27N3O3/c1-25-18-5-2-6-19(14-18)27-21-20(22-9-10-23-21)16-4-3-11-24(15-16)17-7-12-26-13-8-17/h2,5-6,9-10,14,16-17H,3-4,7-8,11-13,15H2,1H3. The smallest absolute Gasteiger partial charge is 0.241 e. The molecule has 0 amide bonds. The lowest BCUT2D eigenvalue weighted by molar-refractivity contribution is 0.0236. The highest BCUT2D eigenvalue weighted by molar-refractivity contribution is 5.36. The molecule has 2 saturated heterocycles. The van der Waals surface area contributed by atoms with Crippen LogP contribution in [0.2, 0.25) is 0 Å². The number of hydrogen-bond donors (Lipinski definition) is 0. The first-order chi connectivity index (χ1) is 13.3. The van der Waals surface area contributed by atoms with E-state index in [9.17, 15) is 0 Å². The number of likely N-dealkylation sites (tertiary alicyclic amines) is 1. The van der Waals surface area contributed by atoms with Crippen molar-refractivity contribution in [2.75, 3.05) is 33.4 Å². The summed E-state index contributed by atoms with van der Waals surface area (Å²) in [5.41, 5.74) is 0.956. The Kier molecular flexibility index (Phi) is 5.84. The molecule has 1 atom stereocenters. The molecule has 0 saturated carbocycles. The minimum atomic E-state index is 0.343. The van der Waals surface area contributed by atoms with Crippen molar-refractivity contribution in [2.24, 2.45) is 0 Å². The predicted molar refractivity (Wildman–Crippen MR) is 102 cm³/mol. The summed E-state index contributed by atoms with van der Waals surface area (Å²) >= 11 is 0. The van der Waals surface area contributed by atoms with E-state index < -0.39 is 0 Å². The average Bonchev–Trinajstić information content (AvgIpc) is 2.75. The lowest BCUT2D eigenvalue weighted by Gasteiger charge is -2.39. The van der Waals surface area contributed by atoms with Gasteiger partial charge in [-0.3, -0.25) is 9.88 Å². The van der Waals surface area contributed by atoms with Crippen LogP contribution in [-0.2, 0) is 4.74 Å². The second kappa shape index (κ2) is 8.67. The Bertz CT molecular complexity index is 749. The van der Waals surface area contributed by atoms with Gasteiger partial charge in [0.05, 0.1) is 7.11 Å². The first-order valence-corrected chi connectivity index (χ1v) is 9.78. The zero-order chi connectivity index (χ0) is 18.5. The van der Waals surface area contributed by atoms with Crippen molar-refractivity contribution in [2.45, 2.75) is 37.6 Å². The zero-order valence-electron chi connectivity index (χ0n) is 15.8. The number of ether oxygens (including phenoxy) is 3. The van der Waals surface area contributed by atoms with Crippen LogP contribution in [0.25, 0.3) is 0 Å². The fourth-order valence-electron chi connectivity index (χ4n) is 4.08. The molecule has 144 valence electrons. The van der Waals surface area contributed by atoms with E-state index in [1.165, 1.54) is 6.42 Å². The Morgan fingerprint density at radius 1 is 1.07 bits per heavy atom. The third-order valence-corrected chi connectivity index (χ3v) is 5.49. The van der Waals surface area contributed by atoms with Crippen molar-refractivity contribution >= 4 is 0 Å². The summed E-state index contributed by atoms with van der Waals surface area (Å²) in [6.07, 6.45) is 8.00. The van der Waals surface area contributed by atoms with Gasteiger partial charge in [-0.25, -0.2) is 4.98 Å². The molecule has 6 heteroatoms. The highest BCUT2D eigenvalue weighted by atomic mass is 16.5. The number of rotatable bonds is 5. The van der Waals surface area contributed by atoms with Crippen molar-refractivity contribution in [1.82, 2.24) is 14.9 Å². The lowest BCUT2D eigenvalue weighted by atomic mass is 9.92. The van der Waals surface area contributed by atoms with Crippen LogP contribution in [0.15, 0.2) is 36.7 Å². The molecule has 1 aromatic heterocycles. The first kappa shape index (κ1) is 18.2. The molecule has 1 unspecified atom stereocenters. The number of hydrogen-bond acceptors (Lipinski definition) is 6. The van der Waals surface area contributed by atoms with Gasteiger partial charge in [-0.1, -0.05) is 6.07 Å². The van der Waals surface area contributed by atoms with E-state index in [2.05, 4.69) is 14.9 Å². The van der Waals surface area contributed by atoms with Crippen LogP contribution in [0.5, 0.6) is 17.4 Å². The maximum absolute atomic E-state index is 6.09. The van der Waals surface area contributed by atoms with Gasteiger partial charge in [-0.05, 0) is 44.4 Å². The molecule has 0 bridgehead atoms. The van der Waals surface area contributed by atoms with Crippen LogP contribution in [-0.4, -0.2) is 54.3 Å². The Morgan fingerprint density at radius 3 is 2.74 bits per heavy atom. The molecule has 0 aliphatic carbocycles. The third-order valence-electron chi connectivity index (χ3n) is 5.49. The molecule has 0 N–H and O–H groups in total. The van der Waals surface area contributed by atoms with Gasteiger partial charge in [0.25, 0.3) is 0 Å². The number of nitrogens with zero attached hydrogens (tertiary/aromatic N) is 3. The maximum Gasteiger partial charge on any atom is 0.241 e. The molecule has 2 fully saturated rings. The molecule has 6 nitrogen and oxygen atoms in total. The van der Waals surface area contributed by atoms with Crippen LogP contribution in [0.4, 0.5) is 0 Å². The van der Waals surface area contributed by atoms with Gasteiger partial charge >= 0.3 is 0 Å². The summed E-state index contributed by atoms with van der Waals surface area (Å²) < 4.78 is 16.9. The lowest BCUT2D eigenvalue weighted by Crippen LogP contribution is -2.44. The third kappa shape index (κ3) is 4.39. The molecule has 3 heterocycles. The Balaban J connectivity index is 1.51. The van der Waals surface area contributed by atoms with Crippen molar-refractivity contribution in [3.05, 3.63) is 42.4 Å². The maximum atomic E-state index is 6.09. The van der Waals surface area contributed by atoms with Crippen molar-refractivity contribution in [1.29, 1.82) is 0 Å². The molecule has 1 aromatic carbocycles. The summed E-state index contributed by atoms with van der Waals surface area (Å²) in [4.78, 5) is 11.7. The van der Waals surface area contributed by atoms with Gasteiger partial charge in [-0.2, -0.15) is 0 Å². The van der Waals surface area contributed by atoms with Crippen LogP contribution in [0.1, 0.15) is 37.3 Å². The van der Waals surface area contributed by atoms with Gasteiger partial charge in [0.2, 0.25) is 5.88 Å². The quantitative estimate of drug-likeness (QED) is 0.802. The molecule has 2 aliphatic rings. The van der Waals surface area contributed by atoms with Crippen molar-refractivity contribution < 1.29 is 14.2 Å². The SMILES string of the molecule is COc1cccc(Oc2nccnc2C2CCCN(C3CCOCC3)C2)c1.